The molecule has 0 radical (unpaired) electrons. The van der Waals surface area contributed by atoms with E-state index in [1.54, 1.807) is 0 Å². The van der Waals surface area contributed by atoms with Gasteiger partial charge in [-0.15, -0.1) is 0 Å². The molecular formula is C8H9NO3. The molecule has 2 amide bonds. The lowest BCUT2D eigenvalue weighted by atomic mass is 9.88. The molecule has 1 unspecified atom stereocenters. The number of carbonyl (C=O) groups excluding carboxylic acids is 2. The number of rotatable bonds is 1. The topological polar surface area (TPSA) is 55.4 Å². The van der Waals surface area contributed by atoms with Gasteiger partial charge in [-0.3, -0.25) is 14.9 Å². The molecule has 0 spiro atoms. The monoisotopic (exact) mass is 167 g/mol. The van der Waals surface area contributed by atoms with E-state index in [1.165, 1.54) is 6.08 Å². The van der Waals surface area contributed by atoms with Crippen LogP contribution in [0.5, 0.6) is 0 Å². The SMILES string of the molecule is CC1(C2=CC(=O)NC2=O)CCO1. The Hall–Kier alpha value is -1.16. The Balaban J connectivity index is 2.28. The molecule has 0 saturated carbocycles. The summed E-state index contributed by atoms with van der Waals surface area (Å²) in [5, 5.41) is 2.19. The number of carbonyl (C=O) groups is 2. The largest absolute Gasteiger partial charge is 0.370 e. The zero-order valence-corrected chi connectivity index (χ0v) is 6.72. The van der Waals surface area contributed by atoms with E-state index in [9.17, 15) is 9.59 Å². The molecule has 64 valence electrons. The lowest BCUT2D eigenvalue weighted by molar-refractivity contribution is -0.132. The van der Waals surface area contributed by atoms with Gasteiger partial charge in [0.2, 0.25) is 0 Å². The van der Waals surface area contributed by atoms with Gasteiger partial charge in [0.05, 0.1) is 17.8 Å². The van der Waals surface area contributed by atoms with Crippen molar-refractivity contribution in [2.45, 2.75) is 18.9 Å². The zero-order valence-electron chi connectivity index (χ0n) is 6.72. The Bertz CT molecular complexity index is 289. The molecule has 0 bridgehead atoms. The molecule has 2 aliphatic heterocycles. The van der Waals surface area contributed by atoms with Crippen LogP contribution in [-0.4, -0.2) is 24.0 Å². The van der Waals surface area contributed by atoms with Crippen LogP contribution in [0.25, 0.3) is 0 Å². The standard InChI is InChI=1S/C8H9NO3/c1-8(2-3-12-8)5-4-6(10)9-7(5)11/h4H,2-3H2,1H3,(H,9,10,11). The molecule has 1 fully saturated rings. The van der Waals surface area contributed by atoms with E-state index in [0.717, 1.165) is 6.42 Å². The molecule has 2 aliphatic rings. The molecule has 4 heteroatoms. The van der Waals surface area contributed by atoms with E-state index in [2.05, 4.69) is 5.32 Å². The fourth-order valence-corrected chi connectivity index (χ4v) is 1.43. The summed E-state index contributed by atoms with van der Waals surface area (Å²) in [5.74, 6) is -0.658. The first kappa shape index (κ1) is 7.49. The third-order valence-electron chi connectivity index (χ3n) is 2.33. The molecule has 12 heavy (non-hydrogen) atoms. The minimum absolute atomic E-state index is 0.317. The van der Waals surface area contributed by atoms with Crippen LogP contribution in [0.3, 0.4) is 0 Å². The summed E-state index contributed by atoms with van der Waals surface area (Å²) in [6.45, 7) is 2.48. The highest BCUT2D eigenvalue weighted by Gasteiger charge is 2.43. The summed E-state index contributed by atoms with van der Waals surface area (Å²) in [7, 11) is 0. The first-order valence-corrected chi connectivity index (χ1v) is 3.83. The predicted molar refractivity (Wildman–Crippen MR) is 40.2 cm³/mol. The average molecular weight is 167 g/mol. The van der Waals surface area contributed by atoms with Crippen LogP contribution >= 0.6 is 0 Å². The highest BCUT2D eigenvalue weighted by atomic mass is 16.5. The fourth-order valence-electron chi connectivity index (χ4n) is 1.43. The van der Waals surface area contributed by atoms with Crippen LogP contribution in [0.2, 0.25) is 0 Å². The predicted octanol–water partition coefficient (Wildman–Crippen LogP) is -0.252. The molecule has 4 nitrogen and oxygen atoms in total. The molecule has 2 rings (SSSR count). The van der Waals surface area contributed by atoms with E-state index in [4.69, 9.17) is 4.74 Å². The number of imide groups is 1. The van der Waals surface area contributed by atoms with Crippen LogP contribution in [0.1, 0.15) is 13.3 Å². The highest BCUT2D eigenvalue weighted by Crippen LogP contribution is 2.34. The van der Waals surface area contributed by atoms with Gasteiger partial charge in [-0.25, -0.2) is 0 Å². The van der Waals surface area contributed by atoms with Crippen molar-refractivity contribution in [3.05, 3.63) is 11.6 Å². The summed E-state index contributed by atoms with van der Waals surface area (Å²) >= 11 is 0. The Labute approximate surface area is 69.6 Å². The maximum Gasteiger partial charge on any atom is 0.257 e. The van der Waals surface area contributed by atoms with Gasteiger partial charge >= 0.3 is 0 Å². The van der Waals surface area contributed by atoms with Crippen LogP contribution in [0.4, 0.5) is 0 Å². The summed E-state index contributed by atoms with van der Waals surface area (Å²) in [6.07, 6.45) is 2.13. The minimum Gasteiger partial charge on any atom is -0.370 e. The van der Waals surface area contributed by atoms with Crippen molar-refractivity contribution in [3.8, 4) is 0 Å². The maximum absolute atomic E-state index is 11.1. The van der Waals surface area contributed by atoms with Gasteiger partial charge in [-0.2, -0.15) is 0 Å². The van der Waals surface area contributed by atoms with Crippen LogP contribution < -0.4 is 5.32 Å². The second-order valence-corrected chi connectivity index (χ2v) is 3.21. The Morgan fingerprint density at radius 3 is 2.58 bits per heavy atom. The maximum atomic E-state index is 11.1. The third kappa shape index (κ3) is 0.881. The second-order valence-electron chi connectivity index (χ2n) is 3.21. The van der Waals surface area contributed by atoms with E-state index in [1.807, 2.05) is 6.92 Å². The fraction of sp³-hybridized carbons (Fsp3) is 0.500. The number of nitrogens with one attached hydrogen (secondary N) is 1. The Morgan fingerprint density at radius 1 is 1.58 bits per heavy atom. The van der Waals surface area contributed by atoms with Gasteiger partial charge in [0, 0.05) is 12.5 Å². The summed E-state index contributed by atoms with van der Waals surface area (Å²) in [5.41, 5.74) is -0.0604. The van der Waals surface area contributed by atoms with Crippen molar-refractivity contribution >= 4 is 11.8 Å². The van der Waals surface area contributed by atoms with Crippen molar-refractivity contribution in [1.82, 2.24) is 5.32 Å². The van der Waals surface area contributed by atoms with Crippen LogP contribution in [-0.2, 0) is 14.3 Å². The Morgan fingerprint density at radius 2 is 2.25 bits per heavy atom. The first-order valence-electron chi connectivity index (χ1n) is 3.83. The van der Waals surface area contributed by atoms with Gasteiger partial charge in [-0.05, 0) is 6.92 Å². The molecule has 1 saturated heterocycles. The van der Waals surface area contributed by atoms with Gasteiger partial charge < -0.3 is 4.74 Å². The van der Waals surface area contributed by atoms with Gasteiger partial charge in [0.15, 0.2) is 0 Å². The first-order chi connectivity index (χ1) is 5.62. The van der Waals surface area contributed by atoms with E-state index in [0.29, 0.717) is 12.2 Å². The van der Waals surface area contributed by atoms with Crippen LogP contribution in [0.15, 0.2) is 11.6 Å². The quantitative estimate of drug-likeness (QED) is 0.548. The zero-order chi connectivity index (χ0) is 8.77. The highest BCUT2D eigenvalue weighted by molar-refractivity contribution is 6.17. The summed E-state index contributed by atoms with van der Waals surface area (Å²) in [6, 6.07) is 0. The molecule has 0 aliphatic carbocycles. The molecule has 1 N–H and O–H groups in total. The number of hydrogen-bond acceptors (Lipinski definition) is 3. The van der Waals surface area contributed by atoms with E-state index in [-0.39, 0.29) is 11.8 Å². The molecular weight excluding hydrogens is 158 g/mol. The van der Waals surface area contributed by atoms with E-state index < -0.39 is 5.60 Å². The van der Waals surface area contributed by atoms with Crippen molar-refractivity contribution in [3.63, 3.8) is 0 Å². The minimum atomic E-state index is -0.518. The number of amides is 2. The molecule has 0 aromatic rings. The summed E-state index contributed by atoms with van der Waals surface area (Å²) < 4.78 is 5.24. The molecule has 0 aromatic heterocycles. The normalized spacial score (nSPS) is 34.2. The number of ether oxygens (including phenoxy) is 1. The average Bonchev–Trinajstić information content (AvgIpc) is 2.25. The van der Waals surface area contributed by atoms with Gasteiger partial charge in [0.1, 0.15) is 0 Å². The van der Waals surface area contributed by atoms with Crippen LogP contribution in [0, 0.1) is 0 Å². The number of hydrogen-bond donors (Lipinski definition) is 1. The van der Waals surface area contributed by atoms with E-state index >= 15 is 0 Å². The smallest absolute Gasteiger partial charge is 0.257 e. The van der Waals surface area contributed by atoms with Gasteiger partial charge in [0.25, 0.3) is 11.8 Å². The van der Waals surface area contributed by atoms with Crippen molar-refractivity contribution in [1.29, 1.82) is 0 Å². The molecule has 0 aromatic carbocycles. The lowest BCUT2D eigenvalue weighted by Gasteiger charge is -2.38. The molecule has 2 heterocycles. The second kappa shape index (κ2) is 2.17. The van der Waals surface area contributed by atoms with Gasteiger partial charge in [-0.1, -0.05) is 0 Å². The lowest BCUT2D eigenvalue weighted by Crippen LogP contribution is -2.45. The Kier molecular flexibility index (Phi) is 1.35. The molecule has 1 atom stereocenters. The van der Waals surface area contributed by atoms with Crippen molar-refractivity contribution in [2.75, 3.05) is 6.61 Å². The van der Waals surface area contributed by atoms with Crippen molar-refractivity contribution in [2.24, 2.45) is 0 Å². The third-order valence-corrected chi connectivity index (χ3v) is 2.33. The summed E-state index contributed by atoms with van der Waals surface area (Å²) in [4.78, 5) is 21.9. The van der Waals surface area contributed by atoms with Crippen molar-refractivity contribution < 1.29 is 14.3 Å².